The average molecular weight is 296 g/mol. The zero-order valence-electron chi connectivity index (χ0n) is 11.4. The Morgan fingerprint density at radius 2 is 1.85 bits per heavy atom. The highest BCUT2D eigenvalue weighted by Crippen LogP contribution is 2.43. The van der Waals surface area contributed by atoms with E-state index in [1.54, 1.807) is 0 Å². The summed E-state index contributed by atoms with van der Waals surface area (Å²) in [6.45, 7) is 2.63. The van der Waals surface area contributed by atoms with Gasteiger partial charge in [0, 0.05) is 6.54 Å². The van der Waals surface area contributed by atoms with Gasteiger partial charge < -0.3 is 15.7 Å². The maximum atomic E-state index is 12.7. The minimum Gasteiger partial charge on any atom is -0.479 e. The van der Waals surface area contributed by atoms with Crippen LogP contribution in [0.3, 0.4) is 0 Å². The van der Waals surface area contributed by atoms with Gasteiger partial charge in [-0.3, -0.25) is 0 Å². The molecule has 0 aromatic heterocycles. The van der Waals surface area contributed by atoms with Crippen LogP contribution in [0.25, 0.3) is 0 Å². The average Bonchev–Trinajstić information content (AvgIpc) is 2.26. The molecule has 1 fully saturated rings. The highest BCUT2D eigenvalue weighted by molar-refractivity contribution is 5.86. The topological polar surface area (TPSA) is 78.4 Å². The van der Waals surface area contributed by atoms with Crippen LogP contribution in [0.1, 0.15) is 39.5 Å². The number of urea groups is 1. The molecule has 1 unspecified atom stereocenters. The first-order valence-electron chi connectivity index (χ1n) is 6.42. The number of hydrogen-bond donors (Lipinski definition) is 3. The number of nitrogens with one attached hydrogen (secondary N) is 2. The zero-order valence-corrected chi connectivity index (χ0v) is 11.4. The Morgan fingerprint density at radius 3 is 2.15 bits per heavy atom. The van der Waals surface area contributed by atoms with Gasteiger partial charge in [0.05, 0.1) is 0 Å². The summed E-state index contributed by atoms with van der Waals surface area (Å²) in [7, 11) is 0. The fourth-order valence-corrected chi connectivity index (χ4v) is 2.12. The zero-order chi connectivity index (χ0) is 15.6. The molecule has 0 aliphatic heterocycles. The molecular formula is C12H19F3N2O3. The molecule has 0 aromatic rings. The third-order valence-electron chi connectivity index (χ3n) is 4.15. The lowest BCUT2D eigenvalue weighted by Crippen LogP contribution is -2.64. The van der Waals surface area contributed by atoms with Crippen LogP contribution in [0.5, 0.6) is 0 Å². The molecule has 5 nitrogen and oxygen atoms in total. The summed E-state index contributed by atoms with van der Waals surface area (Å²) in [5.41, 5.74) is -3.36. The smallest absolute Gasteiger partial charge is 0.422 e. The summed E-state index contributed by atoms with van der Waals surface area (Å²) in [4.78, 5) is 22.3. The Kier molecular flexibility index (Phi) is 4.55. The molecule has 0 spiro atoms. The second-order valence-corrected chi connectivity index (χ2v) is 5.44. The summed E-state index contributed by atoms with van der Waals surface area (Å²) < 4.78 is 38.1. The van der Waals surface area contributed by atoms with E-state index < -0.39 is 23.7 Å². The number of rotatable bonds is 5. The molecule has 0 radical (unpaired) electrons. The Bertz CT molecular complexity index is 388. The second-order valence-electron chi connectivity index (χ2n) is 5.44. The quantitative estimate of drug-likeness (QED) is 0.728. The van der Waals surface area contributed by atoms with E-state index >= 15 is 0 Å². The molecule has 0 heterocycles. The predicted octanol–water partition coefficient (Wildman–Crippen LogP) is 2.27. The Morgan fingerprint density at radius 1 is 1.30 bits per heavy atom. The van der Waals surface area contributed by atoms with Crippen molar-refractivity contribution in [2.75, 3.05) is 6.54 Å². The van der Waals surface area contributed by atoms with Gasteiger partial charge >= 0.3 is 18.2 Å². The van der Waals surface area contributed by atoms with E-state index in [4.69, 9.17) is 5.11 Å². The van der Waals surface area contributed by atoms with Crippen LogP contribution in [0.4, 0.5) is 18.0 Å². The number of hydrogen-bond acceptors (Lipinski definition) is 2. The molecule has 0 aromatic carbocycles. The molecule has 0 bridgehead atoms. The molecule has 1 aliphatic carbocycles. The van der Waals surface area contributed by atoms with Crippen molar-refractivity contribution in [3.05, 3.63) is 0 Å². The lowest BCUT2D eigenvalue weighted by atomic mass is 9.67. The van der Waals surface area contributed by atoms with E-state index in [0.717, 1.165) is 25.7 Å². The number of amides is 2. The Balaban J connectivity index is 2.62. The van der Waals surface area contributed by atoms with Crippen molar-refractivity contribution in [2.45, 2.75) is 51.2 Å². The summed E-state index contributed by atoms with van der Waals surface area (Å²) in [6.07, 6.45) is -1.39. The maximum absolute atomic E-state index is 12.7. The molecule has 1 rings (SSSR count). The summed E-state index contributed by atoms with van der Waals surface area (Å²) in [5, 5.41) is 12.5. The van der Waals surface area contributed by atoms with Gasteiger partial charge in [-0.05, 0) is 31.6 Å². The van der Waals surface area contributed by atoms with Crippen molar-refractivity contribution in [3.8, 4) is 0 Å². The van der Waals surface area contributed by atoms with Crippen molar-refractivity contribution in [1.29, 1.82) is 0 Å². The normalized spacial score (nSPS) is 20.4. The van der Waals surface area contributed by atoms with Crippen molar-refractivity contribution in [2.24, 2.45) is 5.41 Å². The molecular weight excluding hydrogens is 277 g/mol. The Hall–Kier alpha value is -1.47. The molecule has 0 saturated heterocycles. The molecule has 8 heteroatoms. The van der Waals surface area contributed by atoms with Gasteiger partial charge in [0.2, 0.25) is 5.54 Å². The fourth-order valence-electron chi connectivity index (χ4n) is 2.12. The van der Waals surface area contributed by atoms with Crippen molar-refractivity contribution < 1.29 is 27.9 Å². The van der Waals surface area contributed by atoms with Gasteiger partial charge in [-0.2, -0.15) is 13.2 Å². The Labute approximate surface area is 114 Å². The number of halogens is 3. The SMILES string of the molecule is CCC1(CNC(=O)NC(C)(C(=O)O)C(F)(F)F)CCC1. The van der Waals surface area contributed by atoms with Crippen LogP contribution in [-0.2, 0) is 4.79 Å². The van der Waals surface area contributed by atoms with Crippen LogP contribution in [0.15, 0.2) is 0 Å². The molecule has 1 aliphatic rings. The monoisotopic (exact) mass is 296 g/mol. The minimum absolute atomic E-state index is 0.0603. The van der Waals surface area contributed by atoms with E-state index in [-0.39, 0.29) is 12.0 Å². The van der Waals surface area contributed by atoms with Gasteiger partial charge in [-0.1, -0.05) is 13.3 Å². The third-order valence-corrected chi connectivity index (χ3v) is 4.15. The van der Waals surface area contributed by atoms with Gasteiger partial charge in [-0.15, -0.1) is 0 Å². The van der Waals surface area contributed by atoms with Crippen molar-refractivity contribution in [3.63, 3.8) is 0 Å². The van der Waals surface area contributed by atoms with Crippen LogP contribution in [-0.4, -0.2) is 35.4 Å². The van der Waals surface area contributed by atoms with Crippen molar-refractivity contribution >= 4 is 12.0 Å². The first-order valence-corrected chi connectivity index (χ1v) is 6.42. The lowest BCUT2D eigenvalue weighted by Gasteiger charge is -2.41. The van der Waals surface area contributed by atoms with Crippen molar-refractivity contribution in [1.82, 2.24) is 10.6 Å². The number of carboxylic acid groups (broad SMARTS) is 1. The number of aliphatic carboxylic acids is 1. The number of carbonyl (C=O) groups is 2. The van der Waals surface area contributed by atoms with Gasteiger partial charge in [0.25, 0.3) is 0 Å². The first kappa shape index (κ1) is 16.6. The van der Waals surface area contributed by atoms with Gasteiger partial charge in [0.15, 0.2) is 0 Å². The third kappa shape index (κ3) is 3.16. The molecule has 116 valence electrons. The van der Waals surface area contributed by atoms with E-state index in [2.05, 4.69) is 5.32 Å². The summed E-state index contributed by atoms with van der Waals surface area (Å²) in [5.74, 6) is -2.14. The van der Waals surface area contributed by atoms with Crippen LogP contribution in [0.2, 0.25) is 0 Å². The first-order chi connectivity index (χ1) is 9.06. The van der Waals surface area contributed by atoms with E-state index in [0.29, 0.717) is 6.92 Å². The largest absolute Gasteiger partial charge is 0.479 e. The van der Waals surface area contributed by atoms with E-state index in [1.807, 2.05) is 6.92 Å². The number of carboxylic acids is 1. The molecule has 3 N–H and O–H groups in total. The maximum Gasteiger partial charge on any atom is 0.422 e. The van der Waals surface area contributed by atoms with E-state index in [1.165, 1.54) is 5.32 Å². The fraction of sp³-hybridized carbons (Fsp3) is 0.833. The number of carbonyl (C=O) groups excluding carboxylic acids is 1. The number of alkyl halides is 3. The van der Waals surface area contributed by atoms with Crippen LogP contribution < -0.4 is 10.6 Å². The molecule has 1 atom stereocenters. The summed E-state index contributed by atoms with van der Waals surface area (Å²) >= 11 is 0. The summed E-state index contributed by atoms with van der Waals surface area (Å²) in [6, 6.07) is -1.12. The predicted molar refractivity (Wildman–Crippen MR) is 65.2 cm³/mol. The second kappa shape index (κ2) is 5.49. The minimum atomic E-state index is -5.07. The van der Waals surface area contributed by atoms with Crippen LogP contribution >= 0.6 is 0 Å². The highest BCUT2D eigenvalue weighted by Gasteiger charge is 2.58. The van der Waals surface area contributed by atoms with Crippen LogP contribution in [0, 0.1) is 5.41 Å². The van der Waals surface area contributed by atoms with Gasteiger partial charge in [-0.25, -0.2) is 9.59 Å². The highest BCUT2D eigenvalue weighted by atomic mass is 19.4. The van der Waals surface area contributed by atoms with Gasteiger partial charge in [0.1, 0.15) is 0 Å². The molecule has 2 amide bonds. The standard InChI is InChI=1S/C12H19F3N2O3/c1-3-11(5-4-6-11)7-16-9(20)17-10(2,8(18)19)12(13,14)15/h3-7H2,1-2H3,(H,18,19)(H2,16,17,20). The lowest BCUT2D eigenvalue weighted by molar-refractivity contribution is -0.203. The molecule has 1 saturated carbocycles. The molecule has 20 heavy (non-hydrogen) atoms. The van der Waals surface area contributed by atoms with E-state index in [9.17, 15) is 22.8 Å².